The number of rotatable bonds is 4. The number of methoxy groups -OCH3 is 1. The number of thiazole rings is 1. The van der Waals surface area contributed by atoms with Crippen LogP contribution >= 0.6 is 11.3 Å². The number of nitrogens with one attached hydrogen (secondary N) is 1. The molecule has 0 spiro atoms. The number of carbonyl (C=O) groups excluding carboxylic acids is 1. The second kappa shape index (κ2) is 5.92. The Morgan fingerprint density at radius 2 is 2.20 bits per heavy atom. The van der Waals surface area contributed by atoms with E-state index in [0.717, 1.165) is 10.8 Å². The Morgan fingerprint density at radius 1 is 1.45 bits per heavy atom. The molecule has 5 nitrogen and oxygen atoms in total. The van der Waals surface area contributed by atoms with Gasteiger partial charge in [-0.15, -0.1) is 11.3 Å². The second-order valence-electron chi connectivity index (χ2n) is 4.65. The van der Waals surface area contributed by atoms with E-state index < -0.39 is 5.97 Å². The van der Waals surface area contributed by atoms with Gasteiger partial charge >= 0.3 is 5.97 Å². The predicted octanol–water partition coefficient (Wildman–Crippen LogP) is 3.38. The van der Waals surface area contributed by atoms with Crippen molar-refractivity contribution >= 4 is 33.8 Å². The van der Waals surface area contributed by atoms with E-state index in [9.17, 15) is 4.79 Å². The molecule has 0 radical (unpaired) electrons. The Kier molecular flexibility index (Phi) is 4.24. The van der Waals surface area contributed by atoms with Crippen molar-refractivity contribution in [3.05, 3.63) is 34.8 Å². The van der Waals surface area contributed by atoms with Crippen LogP contribution in [0, 0.1) is 0 Å². The lowest BCUT2D eigenvalue weighted by Gasteiger charge is -2.08. The van der Waals surface area contributed by atoms with Gasteiger partial charge < -0.3 is 15.8 Å². The first-order valence-electron chi connectivity index (χ1n) is 6.21. The molecule has 1 heterocycles. The third-order valence-corrected chi connectivity index (χ3v) is 3.61. The van der Waals surface area contributed by atoms with Crippen molar-refractivity contribution in [1.82, 2.24) is 4.98 Å². The lowest BCUT2D eigenvalue weighted by molar-refractivity contribution is 0.0601. The van der Waals surface area contributed by atoms with Gasteiger partial charge in [-0.1, -0.05) is 13.8 Å². The number of benzene rings is 1. The van der Waals surface area contributed by atoms with Crippen LogP contribution in [0.25, 0.3) is 0 Å². The Hall–Kier alpha value is -2.08. The fraction of sp³-hybridized carbons (Fsp3) is 0.286. The van der Waals surface area contributed by atoms with Crippen molar-refractivity contribution in [2.45, 2.75) is 19.8 Å². The Bertz CT molecular complexity index is 623. The van der Waals surface area contributed by atoms with Crippen LogP contribution in [-0.4, -0.2) is 18.1 Å². The summed E-state index contributed by atoms with van der Waals surface area (Å²) in [7, 11) is 1.35. The monoisotopic (exact) mass is 291 g/mol. The number of nitrogen functional groups attached to an aromatic ring is 1. The molecule has 20 heavy (non-hydrogen) atoms. The summed E-state index contributed by atoms with van der Waals surface area (Å²) in [5, 5.41) is 5.90. The summed E-state index contributed by atoms with van der Waals surface area (Å²) < 4.78 is 4.70. The molecule has 0 atom stereocenters. The molecule has 1 aromatic heterocycles. The van der Waals surface area contributed by atoms with Gasteiger partial charge in [0.1, 0.15) is 0 Å². The number of carbonyl (C=O) groups is 1. The van der Waals surface area contributed by atoms with Crippen molar-refractivity contribution in [3.8, 4) is 0 Å². The van der Waals surface area contributed by atoms with E-state index in [1.807, 2.05) is 5.38 Å². The first-order valence-corrected chi connectivity index (χ1v) is 7.09. The zero-order valence-corrected chi connectivity index (χ0v) is 12.5. The molecule has 1 aromatic carbocycles. The minimum Gasteiger partial charge on any atom is -0.465 e. The first kappa shape index (κ1) is 14.3. The van der Waals surface area contributed by atoms with Crippen molar-refractivity contribution in [3.63, 3.8) is 0 Å². The van der Waals surface area contributed by atoms with Gasteiger partial charge in [-0.2, -0.15) is 0 Å². The smallest absolute Gasteiger partial charge is 0.337 e. The van der Waals surface area contributed by atoms with E-state index in [-0.39, 0.29) is 0 Å². The summed E-state index contributed by atoms with van der Waals surface area (Å²) in [6, 6.07) is 4.97. The fourth-order valence-electron chi connectivity index (χ4n) is 1.63. The standard InChI is InChI=1S/C14H17N3O2S/c1-8(2)12-7-20-14(17-12)16-11-6-9(13(18)19-3)4-5-10(11)15/h4-8H,15H2,1-3H3,(H,16,17). The van der Waals surface area contributed by atoms with Gasteiger partial charge in [0.15, 0.2) is 5.13 Å². The molecule has 0 saturated carbocycles. The van der Waals surface area contributed by atoms with Crippen molar-refractivity contribution in [2.75, 3.05) is 18.2 Å². The molecule has 0 unspecified atom stereocenters. The second-order valence-corrected chi connectivity index (χ2v) is 5.51. The van der Waals surface area contributed by atoms with Gasteiger partial charge in [0.05, 0.1) is 29.7 Å². The average Bonchev–Trinajstić information content (AvgIpc) is 2.89. The van der Waals surface area contributed by atoms with Crippen molar-refractivity contribution in [2.24, 2.45) is 0 Å². The van der Waals surface area contributed by atoms with Gasteiger partial charge in [0, 0.05) is 5.38 Å². The van der Waals surface area contributed by atoms with Gasteiger partial charge in [0.25, 0.3) is 0 Å². The van der Waals surface area contributed by atoms with Crippen LogP contribution in [-0.2, 0) is 4.74 Å². The highest BCUT2D eigenvalue weighted by Gasteiger charge is 2.11. The minimum atomic E-state index is -0.393. The number of nitrogens with zero attached hydrogens (tertiary/aromatic N) is 1. The molecule has 0 bridgehead atoms. The molecule has 0 fully saturated rings. The molecular formula is C14H17N3O2S. The highest BCUT2D eigenvalue weighted by atomic mass is 32.1. The number of aromatic nitrogens is 1. The van der Waals surface area contributed by atoms with Crippen molar-refractivity contribution < 1.29 is 9.53 Å². The molecule has 0 saturated heterocycles. The third kappa shape index (κ3) is 3.08. The van der Waals surface area contributed by atoms with E-state index in [0.29, 0.717) is 22.9 Å². The topological polar surface area (TPSA) is 77.2 Å². The van der Waals surface area contributed by atoms with Gasteiger partial charge in [-0.05, 0) is 24.1 Å². The quantitative estimate of drug-likeness (QED) is 0.667. The third-order valence-electron chi connectivity index (χ3n) is 2.83. The van der Waals surface area contributed by atoms with E-state index in [1.165, 1.54) is 18.4 Å². The molecule has 0 aliphatic carbocycles. The predicted molar refractivity (Wildman–Crippen MR) is 81.7 cm³/mol. The molecule has 6 heteroatoms. The first-order chi connectivity index (χ1) is 9.51. The number of ether oxygens (including phenoxy) is 1. The fourth-order valence-corrected chi connectivity index (χ4v) is 2.52. The summed E-state index contributed by atoms with van der Waals surface area (Å²) in [5.41, 5.74) is 8.59. The molecule has 2 rings (SSSR count). The zero-order valence-electron chi connectivity index (χ0n) is 11.6. The van der Waals surface area contributed by atoms with E-state index >= 15 is 0 Å². The lowest BCUT2D eigenvalue weighted by Crippen LogP contribution is -2.04. The number of hydrogen-bond acceptors (Lipinski definition) is 6. The minimum absolute atomic E-state index is 0.376. The normalized spacial score (nSPS) is 10.6. The molecule has 106 valence electrons. The van der Waals surface area contributed by atoms with Crippen LogP contribution in [0.3, 0.4) is 0 Å². The summed E-state index contributed by atoms with van der Waals surface area (Å²) in [5.74, 6) is -0.0180. The van der Waals surface area contributed by atoms with Crippen LogP contribution in [0.15, 0.2) is 23.6 Å². The van der Waals surface area contributed by atoms with Crippen LogP contribution in [0.4, 0.5) is 16.5 Å². The van der Waals surface area contributed by atoms with E-state index in [1.54, 1.807) is 18.2 Å². The number of nitrogens with two attached hydrogens (primary N) is 1. The molecule has 2 aromatic rings. The maximum atomic E-state index is 11.5. The summed E-state index contributed by atoms with van der Waals surface area (Å²) in [6.45, 7) is 4.18. The summed E-state index contributed by atoms with van der Waals surface area (Å²) >= 11 is 1.51. The Balaban J connectivity index is 2.25. The largest absolute Gasteiger partial charge is 0.465 e. The van der Waals surface area contributed by atoms with E-state index in [2.05, 4.69) is 24.1 Å². The maximum Gasteiger partial charge on any atom is 0.337 e. The SMILES string of the molecule is COC(=O)c1ccc(N)c(Nc2nc(C(C)C)cs2)c1. The molecule has 0 amide bonds. The highest BCUT2D eigenvalue weighted by molar-refractivity contribution is 7.13. The average molecular weight is 291 g/mol. The van der Waals surface area contributed by atoms with Gasteiger partial charge in [0.2, 0.25) is 0 Å². The van der Waals surface area contributed by atoms with Gasteiger partial charge in [-0.25, -0.2) is 9.78 Å². The number of hydrogen-bond donors (Lipinski definition) is 2. The zero-order chi connectivity index (χ0) is 14.7. The molecular weight excluding hydrogens is 274 g/mol. The lowest BCUT2D eigenvalue weighted by atomic mass is 10.1. The number of esters is 1. The highest BCUT2D eigenvalue weighted by Crippen LogP contribution is 2.28. The molecule has 0 aliphatic rings. The Morgan fingerprint density at radius 3 is 2.80 bits per heavy atom. The van der Waals surface area contributed by atoms with Crippen LogP contribution < -0.4 is 11.1 Å². The van der Waals surface area contributed by atoms with E-state index in [4.69, 9.17) is 10.5 Å². The van der Waals surface area contributed by atoms with Crippen LogP contribution in [0.2, 0.25) is 0 Å². The van der Waals surface area contributed by atoms with Crippen LogP contribution in [0.5, 0.6) is 0 Å². The molecule has 0 aliphatic heterocycles. The summed E-state index contributed by atoms with van der Waals surface area (Å²) in [4.78, 5) is 16.0. The van der Waals surface area contributed by atoms with Crippen molar-refractivity contribution in [1.29, 1.82) is 0 Å². The Labute approximate surface area is 121 Å². The maximum absolute atomic E-state index is 11.5. The summed E-state index contributed by atoms with van der Waals surface area (Å²) in [6.07, 6.45) is 0. The van der Waals surface area contributed by atoms with Crippen LogP contribution in [0.1, 0.15) is 35.8 Å². The van der Waals surface area contributed by atoms with Gasteiger partial charge in [-0.3, -0.25) is 0 Å². The molecule has 3 N–H and O–H groups in total. The number of anilines is 3.